The van der Waals surface area contributed by atoms with Crippen LogP contribution in [0.3, 0.4) is 0 Å². The summed E-state index contributed by atoms with van der Waals surface area (Å²) < 4.78 is 9.38. The van der Waals surface area contributed by atoms with Crippen LogP contribution in [0.2, 0.25) is 0 Å². The van der Waals surface area contributed by atoms with Crippen molar-refractivity contribution in [2.24, 2.45) is 0 Å². The van der Waals surface area contributed by atoms with Crippen LogP contribution in [-0.2, 0) is 14.3 Å². The summed E-state index contributed by atoms with van der Waals surface area (Å²) >= 11 is 0. The van der Waals surface area contributed by atoms with Crippen molar-refractivity contribution in [1.82, 2.24) is 0 Å². The highest BCUT2D eigenvalue weighted by atomic mass is 16.5. The maximum absolute atomic E-state index is 11.1. The van der Waals surface area contributed by atoms with Crippen molar-refractivity contribution in [3.8, 4) is 5.75 Å². The van der Waals surface area contributed by atoms with Gasteiger partial charge in [-0.25, -0.2) is 4.79 Å². The van der Waals surface area contributed by atoms with Gasteiger partial charge in [-0.15, -0.1) is 0 Å². The Morgan fingerprint density at radius 2 is 1.18 bits per heavy atom. The first-order valence-corrected chi connectivity index (χ1v) is 10.1. The van der Waals surface area contributed by atoms with Gasteiger partial charge in [-0.1, -0.05) is 56.6 Å². The summed E-state index contributed by atoms with van der Waals surface area (Å²) in [6.45, 7) is 16.8. The zero-order chi connectivity index (χ0) is 26.4. The fourth-order valence-corrected chi connectivity index (χ4v) is 1.79. The summed E-state index contributed by atoms with van der Waals surface area (Å²) in [5, 5.41) is 0. The fraction of sp³-hybridized carbons (Fsp3) is 0.143. The number of hydrogen-bond acceptors (Lipinski definition) is 6. The highest BCUT2D eigenvalue weighted by Gasteiger charge is 1.99. The van der Waals surface area contributed by atoms with E-state index in [-0.39, 0.29) is 23.3 Å². The van der Waals surface area contributed by atoms with E-state index < -0.39 is 0 Å². The molecular formula is C28H32O6. The molecule has 0 heterocycles. The minimum atomic E-state index is -0.359. The van der Waals surface area contributed by atoms with E-state index in [2.05, 4.69) is 31.1 Å². The molecule has 6 heteroatoms. The van der Waals surface area contributed by atoms with E-state index in [9.17, 15) is 19.2 Å². The van der Waals surface area contributed by atoms with Gasteiger partial charge in [0.15, 0.2) is 17.3 Å². The van der Waals surface area contributed by atoms with Crippen LogP contribution in [0.25, 0.3) is 0 Å². The summed E-state index contributed by atoms with van der Waals surface area (Å²) in [7, 11) is 1.59. The second-order valence-electron chi connectivity index (χ2n) is 6.00. The van der Waals surface area contributed by atoms with E-state index in [1.807, 2.05) is 18.2 Å². The first-order valence-electron chi connectivity index (χ1n) is 10.1. The molecule has 0 aromatic heterocycles. The Balaban J connectivity index is 0. The largest absolute Gasteiger partial charge is 0.497 e. The van der Waals surface area contributed by atoms with Gasteiger partial charge in [-0.05, 0) is 56.3 Å². The third-order valence-corrected chi connectivity index (χ3v) is 3.54. The maximum Gasteiger partial charge on any atom is 0.330 e. The molecule has 0 saturated carbocycles. The number of benzene rings is 2. The third-order valence-electron chi connectivity index (χ3n) is 3.54. The van der Waals surface area contributed by atoms with Crippen molar-refractivity contribution in [3.05, 3.63) is 116 Å². The normalized spacial score (nSPS) is 8.32. The van der Waals surface area contributed by atoms with Crippen LogP contribution in [0, 0.1) is 0 Å². The molecule has 180 valence electrons. The standard InChI is InChI=1S/C10H10O2.C9H8O.C5H8O2.C4H6O/c1-3-10(11)8-4-6-9(12-2)7-5-8;1-2-9(10)8-6-4-3-5-7-8;1-3-5(6)7-4-2;1-3-4(2)5/h3-7H,1H2,2H3;2-7H,1H2;3H,1,4H2,2H3;3H,1H2,2H3. The molecule has 0 saturated heterocycles. The van der Waals surface area contributed by atoms with Crippen molar-refractivity contribution < 1.29 is 28.7 Å². The second kappa shape index (κ2) is 20.6. The molecule has 0 N–H and O–H groups in total. The fourth-order valence-electron chi connectivity index (χ4n) is 1.79. The Hall–Kier alpha value is -4.32. The summed E-state index contributed by atoms with van der Waals surface area (Å²) in [5.74, 6) is 0.307. The lowest BCUT2D eigenvalue weighted by molar-refractivity contribution is -0.137. The molecule has 6 nitrogen and oxygen atoms in total. The van der Waals surface area contributed by atoms with Gasteiger partial charge in [-0.2, -0.15) is 0 Å². The summed E-state index contributed by atoms with van der Waals surface area (Å²) in [4.78, 5) is 41.7. The van der Waals surface area contributed by atoms with Crippen LogP contribution in [0.1, 0.15) is 34.6 Å². The van der Waals surface area contributed by atoms with Crippen molar-refractivity contribution in [1.29, 1.82) is 0 Å². The smallest absolute Gasteiger partial charge is 0.330 e. The van der Waals surface area contributed by atoms with Crippen LogP contribution in [-0.4, -0.2) is 37.0 Å². The molecule has 2 aromatic carbocycles. The van der Waals surface area contributed by atoms with Crippen LogP contribution < -0.4 is 4.74 Å². The zero-order valence-electron chi connectivity index (χ0n) is 20.0. The number of ketones is 3. The maximum atomic E-state index is 11.1. The predicted molar refractivity (Wildman–Crippen MR) is 136 cm³/mol. The minimum absolute atomic E-state index is 0.0185. The van der Waals surface area contributed by atoms with E-state index >= 15 is 0 Å². The second-order valence-corrected chi connectivity index (χ2v) is 6.00. The number of rotatable bonds is 8. The minimum Gasteiger partial charge on any atom is -0.497 e. The van der Waals surface area contributed by atoms with Gasteiger partial charge in [0.05, 0.1) is 13.7 Å². The first-order chi connectivity index (χ1) is 16.2. The lowest BCUT2D eigenvalue weighted by Crippen LogP contribution is -1.97. The zero-order valence-corrected chi connectivity index (χ0v) is 20.0. The van der Waals surface area contributed by atoms with Crippen molar-refractivity contribution >= 4 is 23.3 Å². The molecule has 0 bridgehead atoms. The molecule has 0 aliphatic rings. The van der Waals surface area contributed by atoms with Gasteiger partial charge in [0.1, 0.15) is 5.75 Å². The third kappa shape index (κ3) is 16.4. The SMILES string of the molecule is C=CC(=O)OCC.C=CC(=O)c1ccc(OC)cc1.C=CC(=O)c1ccccc1.C=CC(C)=O. The van der Waals surface area contributed by atoms with Gasteiger partial charge in [0.2, 0.25) is 0 Å². The number of methoxy groups -OCH3 is 1. The molecule has 0 atom stereocenters. The lowest BCUT2D eigenvalue weighted by Gasteiger charge is -1.99. The Kier molecular flexibility index (Phi) is 19.3. The molecule has 0 unspecified atom stereocenters. The van der Waals surface area contributed by atoms with Gasteiger partial charge in [0.25, 0.3) is 0 Å². The van der Waals surface area contributed by atoms with E-state index in [0.29, 0.717) is 17.7 Å². The molecule has 0 aliphatic heterocycles. The quantitative estimate of drug-likeness (QED) is 0.286. The Morgan fingerprint density at radius 3 is 1.47 bits per heavy atom. The Labute approximate surface area is 201 Å². The number of carbonyl (C=O) groups excluding carboxylic acids is 4. The van der Waals surface area contributed by atoms with Crippen molar-refractivity contribution in [3.63, 3.8) is 0 Å². The molecule has 2 aromatic rings. The molecule has 0 aliphatic carbocycles. The Bertz CT molecular complexity index is 941. The first kappa shape index (κ1) is 31.9. The average molecular weight is 465 g/mol. The monoisotopic (exact) mass is 464 g/mol. The molecule has 0 radical (unpaired) electrons. The molecule has 2 rings (SSSR count). The lowest BCUT2D eigenvalue weighted by atomic mass is 10.1. The molecular weight excluding hydrogens is 432 g/mol. The summed E-state index contributed by atoms with van der Waals surface area (Å²) in [6.07, 6.45) is 5.03. The van der Waals surface area contributed by atoms with E-state index in [4.69, 9.17) is 4.74 Å². The van der Waals surface area contributed by atoms with E-state index in [1.54, 1.807) is 50.4 Å². The number of ether oxygens (including phenoxy) is 2. The van der Waals surface area contributed by atoms with Gasteiger partial charge >= 0.3 is 5.97 Å². The number of carbonyl (C=O) groups is 4. The molecule has 34 heavy (non-hydrogen) atoms. The Morgan fingerprint density at radius 1 is 0.735 bits per heavy atom. The molecule has 0 spiro atoms. The van der Waals surface area contributed by atoms with E-state index in [1.165, 1.54) is 25.2 Å². The van der Waals surface area contributed by atoms with Crippen LogP contribution in [0.4, 0.5) is 0 Å². The van der Waals surface area contributed by atoms with Crippen molar-refractivity contribution in [2.45, 2.75) is 13.8 Å². The van der Waals surface area contributed by atoms with Gasteiger partial charge < -0.3 is 9.47 Å². The van der Waals surface area contributed by atoms with Crippen LogP contribution in [0.5, 0.6) is 5.75 Å². The number of hydrogen-bond donors (Lipinski definition) is 0. The number of allylic oxidation sites excluding steroid dienone is 3. The topological polar surface area (TPSA) is 86.7 Å². The average Bonchev–Trinajstić information content (AvgIpc) is 2.89. The van der Waals surface area contributed by atoms with Crippen LogP contribution in [0.15, 0.2) is 105 Å². The molecule has 0 fully saturated rings. The van der Waals surface area contributed by atoms with Crippen molar-refractivity contribution in [2.75, 3.05) is 13.7 Å². The number of esters is 1. The molecule has 0 amide bonds. The summed E-state index contributed by atoms with van der Waals surface area (Å²) in [6, 6.07) is 16.0. The van der Waals surface area contributed by atoms with Gasteiger partial charge in [-0.3, -0.25) is 14.4 Å². The summed E-state index contributed by atoms with van der Waals surface area (Å²) in [5.41, 5.74) is 1.32. The van der Waals surface area contributed by atoms with Crippen LogP contribution >= 0.6 is 0 Å². The van der Waals surface area contributed by atoms with E-state index in [0.717, 1.165) is 11.8 Å². The predicted octanol–water partition coefficient (Wildman–Crippen LogP) is 5.62. The van der Waals surface area contributed by atoms with Gasteiger partial charge in [0, 0.05) is 17.2 Å². The highest BCUT2D eigenvalue weighted by molar-refractivity contribution is 6.04. The highest BCUT2D eigenvalue weighted by Crippen LogP contribution is 2.11.